The van der Waals surface area contributed by atoms with E-state index in [0.717, 1.165) is 5.00 Å². The third-order valence-electron chi connectivity index (χ3n) is 1.96. The van der Waals surface area contributed by atoms with Gasteiger partial charge in [0.25, 0.3) is 0 Å². The monoisotopic (exact) mass is 204 g/mol. The molecule has 1 N–H and O–H groups in total. The van der Waals surface area contributed by atoms with Crippen LogP contribution < -0.4 is 5.32 Å². The van der Waals surface area contributed by atoms with Crippen molar-refractivity contribution in [2.45, 2.75) is 13.0 Å². The number of hydrogen-bond acceptors (Lipinski definition) is 3. The second-order valence-electron chi connectivity index (χ2n) is 3.13. The first-order valence-corrected chi connectivity index (χ1v) is 5.24. The third-order valence-corrected chi connectivity index (χ3v) is 3.01. The predicted molar refractivity (Wildman–Crippen MR) is 60.6 cm³/mol. The molecule has 0 saturated heterocycles. The predicted octanol–water partition coefficient (Wildman–Crippen LogP) is 2.81. The Morgan fingerprint density at radius 1 is 1.43 bits per heavy atom. The zero-order chi connectivity index (χ0) is 9.97. The lowest BCUT2D eigenvalue weighted by molar-refractivity contribution is 0.549. The summed E-state index contributed by atoms with van der Waals surface area (Å²) in [6, 6.07) is 9.95. The van der Waals surface area contributed by atoms with Gasteiger partial charge in [0.2, 0.25) is 6.29 Å². The van der Waals surface area contributed by atoms with Crippen molar-refractivity contribution in [1.82, 2.24) is 0 Å². The van der Waals surface area contributed by atoms with E-state index in [1.807, 2.05) is 24.5 Å². The lowest BCUT2D eigenvalue weighted by Crippen LogP contribution is -2.14. The van der Waals surface area contributed by atoms with Gasteiger partial charge in [-0.1, -0.05) is 18.2 Å². The van der Waals surface area contributed by atoms with Gasteiger partial charge >= 0.3 is 0 Å². The number of fused-ring (bicyclic) bond motifs is 1. The minimum absolute atomic E-state index is 0.247. The van der Waals surface area contributed by atoms with Crippen molar-refractivity contribution in [2.24, 2.45) is 0 Å². The molecule has 0 bridgehead atoms. The number of thiophene rings is 1. The first-order valence-electron chi connectivity index (χ1n) is 4.42. The van der Waals surface area contributed by atoms with Crippen LogP contribution in [0.2, 0.25) is 0 Å². The number of anilines is 1. The lowest BCUT2D eigenvalue weighted by Gasteiger charge is -2.03. The summed E-state index contributed by atoms with van der Waals surface area (Å²) in [6.07, 6.45) is 1.90. The van der Waals surface area contributed by atoms with E-state index >= 15 is 0 Å². The minimum atomic E-state index is -0.247. The first kappa shape index (κ1) is 9.21. The SMILES string of the molecule is CC([C]=O)Nc1cc2ccccc2s1. The summed E-state index contributed by atoms with van der Waals surface area (Å²) in [5.74, 6) is 0. The van der Waals surface area contributed by atoms with Crippen molar-refractivity contribution in [2.75, 3.05) is 5.32 Å². The number of rotatable bonds is 3. The molecule has 2 rings (SSSR count). The van der Waals surface area contributed by atoms with Gasteiger partial charge < -0.3 is 5.32 Å². The molecule has 1 heterocycles. The maximum Gasteiger partial charge on any atom is 0.222 e. The lowest BCUT2D eigenvalue weighted by atomic mass is 10.3. The van der Waals surface area contributed by atoms with E-state index in [2.05, 4.69) is 17.4 Å². The van der Waals surface area contributed by atoms with Gasteiger partial charge in [0.15, 0.2) is 0 Å². The van der Waals surface area contributed by atoms with Gasteiger partial charge in [0.05, 0.1) is 11.0 Å². The number of carbonyl (C=O) groups excluding carboxylic acids is 1. The van der Waals surface area contributed by atoms with Crippen LogP contribution in [0, 0.1) is 0 Å². The molecule has 0 amide bonds. The van der Waals surface area contributed by atoms with Crippen molar-refractivity contribution in [3.8, 4) is 0 Å². The van der Waals surface area contributed by atoms with E-state index in [1.165, 1.54) is 10.1 Å². The van der Waals surface area contributed by atoms with Crippen molar-refractivity contribution in [3.05, 3.63) is 30.3 Å². The Hall–Kier alpha value is -1.35. The Balaban J connectivity index is 2.31. The molecule has 71 valence electrons. The number of hydrogen-bond donors (Lipinski definition) is 1. The molecular formula is C11H10NOS. The largest absolute Gasteiger partial charge is 0.367 e. The van der Waals surface area contributed by atoms with Gasteiger partial charge in [-0.25, -0.2) is 0 Å². The molecule has 0 fully saturated rings. The van der Waals surface area contributed by atoms with Gasteiger partial charge in [-0.05, 0) is 24.4 Å². The zero-order valence-electron chi connectivity index (χ0n) is 7.78. The topological polar surface area (TPSA) is 29.1 Å². The van der Waals surface area contributed by atoms with Crippen LogP contribution in [0.5, 0.6) is 0 Å². The van der Waals surface area contributed by atoms with Crippen molar-refractivity contribution in [1.29, 1.82) is 0 Å². The number of nitrogens with one attached hydrogen (secondary N) is 1. The van der Waals surface area contributed by atoms with Crippen LogP contribution in [0.25, 0.3) is 10.1 Å². The summed E-state index contributed by atoms with van der Waals surface area (Å²) in [4.78, 5) is 10.3. The van der Waals surface area contributed by atoms with Gasteiger partial charge in [-0.3, -0.25) is 4.79 Å². The molecule has 14 heavy (non-hydrogen) atoms. The van der Waals surface area contributed by atoms with E-state index in [4.69, 9.17) is 0 Å². The Bertz CT molecular complexity index is 416. The highest BCUT2D eigenvalue weighted by Crippen LogP contribution is 2.29. The second-order valence-corrected chi connectivity index (χ2v) is 4.22. The summed E-state index contributed by atoms with van der Waals surface area (Å²) < 4.78 is 1.23. The molecule has 2 nitrogen and oxygen atoms in total. The Morgan fingerprint density at radius 2 is 2.21 bits per heavy atom. The Kier molecular flexibility index (Phi) is 2.50. The number of benzene rings is 1. The van der Waals surface area contributed by atoms with Gasteiger partial charge in [0.1, 0.15) is 0 Å². The van der Waals surface area contributed by atoms with Crippen LogP contribution in [-0.4, -0.2) is 12.3 Å². The average Bonchev–Trinajstić information content (AvgIpc) is 2.59. The van der Waals surface area contributed by atoms with E-state index < -0.39 is 0 Å². The molecule has 0 saturated carbocycles. The van der Waals surface area contributed by atoms with Gasteiger partial charge in [-0.2, -0.15) is 0 Å². The fraction of sp³-hybridized carbons (Fsp3) is 0.182. The van der Waals surface area contributed by atoms with Gasteiger partial charge in [-0.15, -0.1) is 11.3 Å². The van der Waals surface area contributed by atoms with Crippen LogP contribution in [0.3, 0.4) is 0 Å². The van der Waals surface area contributed by atoms with Crippen LogP contribution in [0.4, 0.5) is 5.00 Å². The van der Waals surface area contributed by atoms with E-state index in [-0.39, 0.29) is 6.04 Å². The summed E-state index contributed by atoms with van der Waals surface area (Å²) >= 11 is 1.65. The van der Waals surface area contributed by atoms with Crippen molar-refractivity contribution < 1.29 is 4.79 Å². The second kappa shape index (κ2) is 3.80. The highest BCUT2D eigenvalue weighted by molar-refractivity contribution is 7.22. The first-order chi connectivity index (χ1) is 6.79. The molecule has 1 radical (unpaired) electrons. The van der Waals surface area contributed by atoms with E-state index in [1.54, 1.807) is 18.3 Å². The fourth-order valence-electron chi connectivity index (χ4n) is 1.30. The quantitative estimate of drug-likeness (QED) is 0.833. The molecule has 0 aliphatic rings. The highest BCUT2D eigenvalue weighted by Gasteiger charge is 2.04. The van der Waals surface area contributed by atoms with Crippen molar-refractivity contribution in [3.63, 3.8) is 0 Å². The average molecular weight is 204 g/mol. The van der Waals surface area contributed by atoms with Crippen LogP contribution in [0.15, 0.2) is 30.3 Å². The maximum absolute atomic E-state index is 10.3. The van der Waals surface area contributed by atoms with Crippen LogP contribution >= 0.6 is 11.3 Å². The molecule has 1 aromatic heterocycles. The maximum atomic E-state index is 10.3. The van der Waals surface area contributed by atoms with E-state index in [9.17, 15) is 4.79 Å². The smallest absolute Gasteiger partial charge is 0.222 e. The van der Waals surface area contributed by atoms with E-state index in [0.29, 0.717) is 0 Å². The summed E-state index contributed by atoms with van der Waals surface area (Å²) in [5, 5.41) is 5.30. The molecular weight excluding hydrogens is 194 g/mol. The minimum Gasteiger partial charge on any atom is -0.367 e. The molecule has 1 atom stereocenters. The standard InChI is InChI=1S/C11H10NOS/c1-8(7-13)12-11-6-9-4-2-3-5-10(9)14-11/h2-6,8,12H,1H3. The molecule has 1 unspecified atom stereocenters. The Labute approximate surface area is 86.6 Å². The van der Waals surface area contributed by atoms with Gasteiger partial charge in [0, 0.05) is 4.70 Å². The van der Waals surface area contributed by atoms with Crippen molar-refractivity contribution >= 4 is 32.7 Å². The third kappa shape index (κ3) is 1.77. The molecule has 2 aromatic rings. The summed E-state index contributed by atoms with van der Waals surface area (Å²) in [6.45, 7) is 1.79. The highest BCUT2D eigenvalue weighted by atomic mass is 32.1. The Morgan fingerprint density at radius 3 is 2.93 bits per heavy atom. The summed E-state index contributed by atoms with van der Waals surface area (Å²) in [5.41, 5.74) is 0. The molecule has 0 aliphatic carbocycles. The van der Waals surface area contributed by atoms with Crippen LogP contribution in [0.1, 0.15) is 6.92 Å². The molecule has 0 spiro atoms. The normalized spacial score (nSPS) is 12.6. The molecule has 3 heteroatoms. The molecule has 1 aromatic carbocycles. The molecule has 0 aliphatic heterocycles. The van der Waals surface area contributed by atoms with Crippen LogP contribution in [-0.2, 0) is 4.79 Å². The zero-order valence-corrected chi connectivity index (χ0v) is 8.60. The fourth-order valence-corrected chi connectivity index (χ4v) is 2.35. The summed E-state index contributed by atoms with van der Waals surface area (Å²) in [7, 11) is 0.